The molecule has 0 unspecified atom stereocenters. The zero-order valence-electron chi connectivity index (χ0n) is 8.07. The van der Waals surface area contributed by atoms with Crippen LogP contribution in [0.3, 0.4) is 0 Å². The quantitative estimate of drug-likeness (QED) is 0.798. The summed E-state index contributed by atoms with van der Waals surface area (Å²) in [4.78, 5) is 11.1. The maximum absolute atomic E-state index is 11.1. The summed E-state index contributed by atoms with van der Waals surface area (Å²) in [5.41, 5.74) is 0.676. The summed E-state index contributed by atoms with van der Waals surface area (Å²) in [5, 5.41) is 11.5. The molecule has 1 aromatic carbocycles. The zero-order valence-corrected chi connectivity index (χ0v) is 9.66. The number of hydrogen-bond donors (Lipinski definition) is 2. The molecule has 0 saturated carbocycles. The molecule has 0 aliphatic rings. The fourth-order valence-corrected chi connectivity index (χ4v) is 1.16. The second kappa shape index (κ2) is 6.42. The number of anilines is 1. The van der Waals surface area contributed by atoms with E-state index in [2.05, 4.69) is 21.2 Å². The van der Waals surface area contributed by atoms with E-state index in [0.29, 0.717) is 11.4 Å². The Kier molecular flexibility index (Phi) is 5.14. The third-order valence-corrected chi connectivity index (χ3v) is 2.11. The Bertz CT molecular complexity index is 330. The summed E-state index contributed by atoms with van der Waals surface area (Å²) < 4.78 is 5.20. The molecular weight excluding hydrogens is 262 g/mol. The van der Waals surface area contributed by atoms with E-state index < -0.39 is 0 Å². The Morgan fingerprint density at radius 1 is 1.53 bits per heavy atom. The molecule has 0 bridgehead atoms. The van der Waals surface area contributed by atoms with Gasteiger partial charge < -0.3 is 15.2 Å². The number of rotatable bonds is 5. The first kappa shape index (κ1) is 12.0. The van der Waals surface area contributed by atoms with Crippen molar-refractivity contribution >= 4 is 27.5 Å². The molecule has 0 aliphatic heterocycles. The summed E-state index contributed by atoms with van der Waals surface area (Å²) in [6.07, 6.45) is 0. The van der Waals surface area contributed by atoms with Gasteiger partial charge >= 0.3 is 0 Å². The molecule has 0 radical (unpaired) electrons. The third-order valence-electron chi connectivity index (χ3n) is 1.60. The smallest absolute Gasteiger partial charge is 0.235 e. The van der Waals surface area contributed by atoms with Crippen LogP contribution in [0.25, 0.3) is 0 Å². The summed E-state index contributed by atoms with van der Waals surface area (Å²) in [6, 6.07) is 7.01. The van der Waals surface area contributed by atoms with Crippen molar-refractivity contribution in [1.82, 2.24) is 0 Å². The van der Waals surface area contributed by atoms with Gasteiger partial charge in [0.05, 0.1) is 11.9 Å². The average molecular weight is 274 g/mol. The first-order valence-electron chi connectivity index (χ1n) is 4.46. The maximum atomic E-state index is 11.1. The van der Waals surface area contributed by atoms with Crippen molar-refractivity contribution in [2.75, 3.05) is 23.9 Å². The van der Waals surface area contributed by atoms with Gasteiger partial charge in [0, 0.05) is 11.8 Å². The lowest BCUT2D eigenvalue weighted by Crippen LogP contribution is -2.12. The van der Waals surface area contributed by atoms with Gasteiger partial charge in [-0.05, 0) is 12.1 Å². The molecule has 1 amide bonds. The molecule has 0 aliphatic carbocycles. The lowest BCUT2D eigenvalue weighted by atomic mass is 10.3. The molecule has 0 spiro atoms. The van der Waals surface area contributed by atoms with E-state index in [1.807, 2.05) is 0 Å². The van der Waals surface area contributed by atoms with Crippen LogP contribution in [0, 0.1) is 0 Å². The predicted molar refractivity (Wildman–Crippen MR) is 61.4 cm³/mol. The lowest BCUT2D eigenvalue weighted by molar-refractivity contribution is -0.113. The van der Waals surface area contributed by atoms with Crippen LogP contribution in [0.1, 0.15) is 0 Å². The molecule has 0 atom stereocenters. The molecule has 15 heavy (non-hydrogen) atoms. The normalized spacial score (nSPS) is 9.73. The molecule has 5 heteroatoms. The van der Waals surface area contributed by atoms with Gasteiger partial charge in [-0.1, -0.05) is 22.0 Å². The molecule has 0 heterocycles. The summed E-state index contributed by atoms with van der Waals surface area (Å²) in [5.74, 6) is 0.505. The van der Waals surface area contributed by atoms with Crippen molar-refractivity contribution in [2.24, 2.45) is 0 Å². The Labute approximate surface area is 96.4 Å². The molecule has 1 aromatic rings. The summed E-state index contributed by atoms with van der Waals surface area (Å²) >= 11 is 3.06. The van der Waals surface area contributed by atoms with Crippen LogP contribution in [0.2, 0.25) is 0 Å². The number of alkyl halides is 1. The number of benzene rings is 1. The van der Waals surface area contributed by atoms with Crippen LogP contribution in [0.15, 0.2) is 24.3 Å². The number of halogens is 1. The van der Waals surface area contributed by atoms with Crippen LogP contribution < -0.4 is 10.1 Å². The summed E-state index contributed by atoms with van der Waals surface area (Å²) in [6.45, 7) is 0.216. The van der Waals surface area contributed by atoms with E-state index in [1.54, 1.807) is 24.3 Å². The lowest BCUT2D eigenvalue weighted by Gasteiger charge is -2.07. The minimum atomic E-state index is -0.116. The van der Waals surface area contributed by atoms with Crippen LogP contribution >= 0.6 is 15.9 Å². The second-order valence-corrected chi connectivity index (χ2v) is 3.34. The van der Waals surface area contributed by atoms with Crippen LogP contribution in [-0.4, -0.2) is 29.6 Å². The van der Waals surface area contributed by atoms with Gasteiger partial charge in [0.25, 0.3) is 0 Å². The predicted octanol–water partition coefficient (Wildman–Crippen LogP) is 1.39. The van der Waals surface area contributed by atoms with Crippen LogP contribution in [0.4, 0.5) is 5.69 Å². The van der Waals surface area contributed by atoms with Gasteiger partial charge in [-0.25, -0.2) is 0 Å². The van der Waals surface area contributed by atoms with Gasteiger partial charge in [0.2, 0.25) is 5.91 Å². The standard InChI is InChI=1S/C10H12BrNO3/c11-7-10(14)12-8-2-1-3-9(6-8)15-5-4-13/h1-3,6,13H,4-5,7H2,(H,12,14). The number of carbonyl (C=O) groups is 1. The monoisotopic (exact) mass is 273 g/mol. The number of hydrogen-bond acceptors (Lipinski definition) is 3. The minimum Gasteiger partial charge on any atom is -0.491 e. The first-order chi connectivity index (χ1) is 7.26. The van der Waals surface area contributed by atoms with E-state index in [9.17, 15) is 4.79 Å². The fraction of sp³-hybridized carbons (Fsp3) is 0.300. The second-order valence-electron chi connectivity index (χ2n) is 2.78. The van der Waals surface area contributed by atoms with Gasteiger partial charge in [0.15, 0.2) is 0 Å². The molecule has 82 valence electrons. The fourth-order valence-electron chi connectivity index (χ4n) is 1.02. The van der Waals surface area contributed by atoms with Crippen molar-refractivity contribution < 1.29 is 14.6 Å². The third kappa shape index (κ3) is 4.31. The zero-order chi connectivity index (χ0) is 11.1. The summed E-state index contributed by atoms with van der Waals surface area (Å²) in [7, 11) is 0. The van der Waals surface area contributed by atoms with E-state index in [0.717, 1.165) is 0 Å². The van der Waals surface area contributed by atoms with Crippen molar-refractivity contribution in [2.45, 2.75) is 0 Å². The number of aliphatic hydroxyl groups excluding tert-OH is 1. The van der Waals surface area contributed by atoms with Crippen LogP contribution in [-0.2, 0) is 4.79 Å². The minimum absolute atomic E-state index is 0.0298. The molecular formula is C10H12BrNO3. The van der Waals surface area contributed by atoms with E-state index in [4.69, 9.17) is 9.84 Å². The van der Waals surface area contributed by atoms with Crippen molar-refractivity contribution in [3.8, 4) is 5.75 Å². The van der Waals surface area contributed by atoms with Crippen molar-refractivity contribution in [3.05, 3.63) is 24.3 Å². The van der Waals surface area contributed by atoms with Gasteiger partial charge in [-0.3, -0.25) is 4.79 Å². The Balaban J connectivity index is 2.61. The van der Waals surface area contributed by atoms with E-state index in [1.165, 1.54) is 0 Å². The molecule has 0 aromatic heterocycles. The van der Waals surface area contributed by atoms with Crippen LogP contribution in [0.5, 0.6) is 5.75 Å². The molecule has 0 fully saturated rings. The number of amides is 1. The van der Waals surface area contributed by atoms with Gasteiger partial charge in [0.1, 0.15) is 12.4 Å². The molecule has 0 saturated heterocycles. The SMILES string of the molecule is O=C(CBr)Nc1cccc(OCCO)c1. The van der Waals surface area contributed by atoms with E-state index in [-0.39, 0.29) is 24.5 Å². The number of aliphatic hydroxyl groups is 1. The molecule has 1 rings (SSSR count). The Morgan fingerprint density at radius 3 is 3.00 bits per heavy atom. The number of ether oxygens (including phenoxy) is 1. The van der Waals surface area contributed by atoms with Gasteiger partial charge in [-0.15, -0.1) is 0 Å². The number of carbonyl (C=O) groups excluding carboxylic acids is 1. The average Bonchev–Trinajstić information content (AvgIpc) is 2.26. The number of nitrogens with one attached hydrogen (secondary N) is 1. The Morgan fingerprint density at radius 2 is 2.33 bits per heavy atom. The Hall–Kier alpha value is -1.07. The highest BCUT2D eigenvalue weighted by Gasteiger charge is 2.00. The highest BCUT2D eigenvalue weighted by molar-refractivity contribution is 9.09. The molecule has 4 nitrogen and oxygen atoms in total. The largest absolute Gasteiger partial charge is 0.491 e. The molecule has 2 N–H and O–H groups in total. The highest BCUT2D eigenvalue weighted by atomic mass is 79.9. The topological polar surface area (TPSA) is 58.6 Å². The van der Waals surface area contributed by atoms with Crippen molar-refractivity contribution in [1.29, 1.82) is 0 Å². The highest BCUT2D eigenvalue weighted by Crippen LogP contribution is 2.17. The first-order valence-corrected chi connectivity index (χ1v) is 5.58. The van der Waals surface area contributed by atoms with Crippen molar-refractivity contribution in [3.63, 3.8) is 0 Å². The maximum Gasteiger partial charge on any atom is 0.235 e. The van der Waals surface area contributed by atoms with Gasteiger partial charge in [-0.2, -0.15) is 0 Å². The van der Waals surface area contributed by atoms with E-state index >= 15 is 0 Å².